The smallest absolute Gasteiger partial charge is 0.219 e. The Kier molecular flexibility index (Phi) is 5.47. The van der Waals surface area contributed by atoms with Crippen molar-refractivity contribution in [1.82, 2.24) is 9.80 Å². The molecular weight excluding hydrogens is 312 g/mol. The molecular formula is C17H26N2O3S. The van der Waals surface area contributed by atoms with Crippen LogP contribution in [0.1, 0.15) is 31.9 Å². The summed E-state index contributed by atoms with van der Waals surface area (Å²) in [5, 5.41) is 0. The van der Waals surface area contributed by atoms with Gasteiger partial charge in [0.1, 0.15) is 0 Å². The van der Waals surface area contributed by atoms with Crippen LogP contribution in [-0.2, 0) is 14.6 Å². The molecule has 2 rings (SSSR count). The third-order valence-corrected chi connectivity index (χ3v) is 5.86. The number of nitrogens with zero attached hydrogens (tertiary/aromatic N) is 2. The molecule has 0 radical (unpaired) electrons. The molecule has 1 aliphatic rings. The first kappa shape index (κ1) is 17.9. The molecule has 1 aromatic rings. The molecule has 1 saturated heterocycles. The minimum Gasteiger partial charge on any atom is -0.343 e. The molecule has 6 heteroatoms. The maximum atomic E-state index is 11.5. The van der Waals surface area contributed by atoms with Gasteiger partial charge in [-0.3, -0.25) is 9.69 Å². The third-order valence-electron chi connectivity index (χ3n) is 4.73. The maximum Gasteiger partial charge on any atom is 0.219 e. The molecule has 0 aliphatic carbocycles. The van der Waals surface area contributed by atoms with E-state index in [4.69, 9.17) is 0 Å². The Morgan fingerprint density at radius 2 is 1.96 bits per heavy atom. The predicted octanol–water partition coefficient (Wildman–Crippen LogP) is 1.95. The molecule has 1 fully saturated rings. The molecule has 1 aliphatic heterocycles. The summed E-state index contributed by atoms with van der Waals surface area (Å²) in [6.45, 7) is 6.36. The average Bonchev–Trinajstić information content (AvgIpc) is 2.94. The Labute approximate surface area is 139 Å². The van der Waals surface area contributed by atoms with E-state index in [9.17, 15) is 13.2 Å². The van der Waals surface area contributed by atoms with Crippen molar-refractivity contribution in [2.45, 2.75) is 31.2 Å². The maximum absolute atomic E-state index is 11.5. The van der Waals surface area contributed by atoms with Crippen LogP contribution >= 0.6 is 0 Å². The Morgan fingerprint density at radius 1 is 1.35 bits per heavy atom. The van der Waals surface area contributed by atoms with Crippen LogP contribution in [0.15, 0.2) is 29.2 Å². The van der Waals surface area contributed by atoms with E-state index in [1.165, 1.54) is 6.26 Å². The van der Waals surface area contributed by atoms with E-state index in [1.54, 1.807) is 19.1 Å². The molecule has 1 amide bonds. The molecule has 0 aromatic heterocycles. The van der Waals surface area contributed by atoms with E-state index in [0.717, 1.165) is 31.6 Å². The van der Waals surface area contributed by atoms with Gasteiger partial charge in [-0.2, -0.15) is 0 Å². The molecule has 5 nitrogen and oxygen atoms in total. The zero-order chi connectivity index (χ0) is 17.2. The number of sulfone groups is 1. The van der Waals surface area contributed by atoms with E-state index in [0.29, 0.717) is 10.8 Å². The van der Waals surface area contributed by atoms with E-state index in [2.05, 4.69) is 18.9 Å². The summed E-state index contributed by atoms with van der Waals surface area (Å²) in [6, 6.07) is 7.31. The second-order valence-electron chi connectivity index (χ2n) is 6.58. The summed E-state index contributed by atoms with van der Waals surface area (Å²) in [7, 11) is -1.07. The summed E-state index contributed by atoms with van der Waals surface area (Å²) in [5.41, 5.74) is 1.10. The zero-order valence-corrected chi connectivity index (χ0v) is 15.1. The second kappa shape index (κ2) is 7.01. The topological polar surface area (TPSA) is 57.7 Å². The lowest BCUT2D eigenvalue weighted by molar-refractivity contribution is -0.127. The van der Waals surface area contributed by atoms with Gasteiger partial charge < -0.3 is 4.90 Å². The van der Waals surface area contributed by atoms with E-state index in [-0.39, 0.29) is 11.9 Å². The Morgan fingerprint density at radius 3 is 2.43 bits per heavy atom. The standard InChI is InChI=1S/C17H26N2O3S/c1-13(16-5-7-17(8-6-16)23(4,21)22)18(3)11-15-9-10-19(12-15)14(2)20/h5-8,13,15H,9-12H2,1-4H3/t13-,15+/m0/s1. The number of hydrogen-bond acceptors (Lipinski definition) is 4. The van der Waals surface area contributed by atoms with Gasteiger partial charge >= 0.3 is 0 Å². The lowest BCUT2D eigenvalue weighted by atomic mass is 10.0. The first-order valence-electron chi connectivity index (χ1n) is 7.94. The number of benzene rings is 1. The fraction of sp³-hybridized carbons (Fsp3) is 0.588. The van der Waals surface area contributed by atoms with Gasteiger partial charge in [-0.15, -0.1) is 0 Å². The highest BCUT2D eigenvalue weighted by atomic mass is 32.2. The Hall–Kier alpha value is -1.40. The van der Waals surface area contributed by atoms with Crippen LogP contribution in [0.25, 0.3) is 0 Å². The number of carbonyl (C=O) groups is 1. The molecule has 23 heavy (non-hydrogen) atoms. The monoisotopic (exact) mass is 338 g/mol. The first-order valence-corrected chi connectivity index (χ1v) is 9.83. The van der Waals surface area contributed by atoms with E-state index >= 15 is 0 Å². The summed E-state index contributed by atoms with van der Waals surface area (Å²) in [4.78, 5) is 15.9. The van der Waals surface area contributed by atoms with Crippen molar-refractivity contribution < 1.29 is 13.2 Å². The van der Waals surface area contributed by atoms with Gasteiger partial charge in [-0.05, 0) is 44.0 Å². The van der Waals surface area contributed by atoms with Crippen LogP contribution < -0.4 is 0 Å². The number of carbonyl (C=O) groups excluding carboxylic acids is 1. The molecule has 0 unspecified atom stereocenters. The lowest BCUT2D eigenvalue weighted by Crippen LogP contribution is -2.31. The summed E-state index contributed by atoms with van der Waals surface area (Å²) < 4.78 is 23.0. The molecule has 128 valence electrons. The van der Waals surface area contributed by atoms with Gasteiger partial charge in [0, 0.05) is 38.9 Å². The largest absolute Gasteiger partial charge is 0.343 e. The van der Waals surface area contributed by atoms with Crippen LogP contribution in [0.2, 0.25) is 0 Å². The number of rotatable bonds is 5. The minimum atomic E-state index is -3.15. The molecule has 0 N–H and O–H groups in total. The second-order valence-corrected chi connectivity index (χ2v) is 8.59. The SMILES string of the molecule is CC(=O)N1CC[C@H](CN(C)[C@@H](C)c2ccc(S(C)(=O)=O)cc2)C1. The van der Waals surface area contributed by atoms with Gasteiger partial charge in [-0.1, -0.05) is 12.1 Å². The lowest BCUT2D eigenvalue weighted by Gasteiger charge is -2.28. The fourth-order valence-electron chi connectivity index (χ4n) is 3.08. The minimum absolute atomic E-state index is 0.152. The normalized spacial score (nSPS) is 20.0. The Bertz CT molecular complexity index is 655. The van der Waals surface area contributed by atoms with Crippen molar-refractivity contribution in [3.8, 4) is 0 Å². The molecule has 2 atom stereocenters. The van der Waals surface area contributed by atoms with Gasteiger partial charge in [0.2, 0.25) is 5.91 Å². The molecule has 0 saturated carbocycles. The molecule has 1 aromatic carbocycles. The van der Waals surface area contributed by atoms with Gasteiger partial charge in [0.15, 0.2) is 9.84 Å². The van der Waals surface area contributed by atoms with Gasteiger partial charge in [0.05, 0.1) is 4.90 Å². The number of hydrogen-bond donors (Lipinski definition) is 0. The number of likely N-dealkylation sites (tertiary alicyclic amines) is 1. The quantitative estimate of drug-likeness (QED) is 0.823. The molecule has 0 bridgehead atoms. The van der Waals surface area contributed by atoms with Crippen molar-refractivity contribution in [2.24, 2.45) is 5.92 Å². The van der Waals surface area contributed by atoms with Crippen molar-refractivity contribution >= 4 is 15.7 Å². The van der Waals surface area contributed by atoms with Crippen molar-refractivity contribution in [3.63, 3.8) is 0 Å². The molecule has 1 heterocycles. The van der Waals surface area contributed by atoms with Crippen molar-refractivity contribution in [3.05, 3.63) is 29.8 Å². The van der Waals surface area contributed by atoms with Crippen LogP contribution in [-0.4, -0.2) is 57.1 Å². The summed E-state index contributed by atoms with van der Waals surface area (Å²) in [5.74, 6) is 0.654. The highest BCUT2D eigenvalue weighted by molar-refractivity contribution is 7.90. The van der Waals surface area contributed by atoms with Crippen molar-refractivity contribution in [1.29, 1.82) is 0 Å². The Balaban J connectivity index is 1.97. The van der Waals surface area contributed by atoms with Crippen LogP contribution in [0.4, 0.5) is 0 Å². The summed E-state index contributed by atoms with van der Waals surface area (Å²) in [6.07, 6.45) is 2.27. The van der Waals surface area contributed by atoms with Gasteiger partial charge in [0.25, 0.3) is 0 Å². The average molecular weight is 338 g/mol. The number of amides is 1. The van der Waals surface area contributed by atoms with Gasteiger partial charge in [-0.25, -0.2) is 8.42 Å². The van der Waals surface area contributed by atoms with Crippen LogP contribution in [0.3, 0.4) is 0 Å². The summed E-state index contributed by atoms with van der Waals surface area (Å²) >= 11 is 0. The predicted molar refractivity (Wildman–Crippen MR) is 91.0 cm³/mol. The van der Waals surface area contributed by atoms with Crippen LogP contribution in [0.5, 0.6) is 0 Å². The fourth-order valence-corrected chi connectivity index (χ4v) is 3.71. The highest BCUT2D eigenvalue weighted by Gasteiger charge is 2.26. The first-order chi connectivity index (χ1) is 10.7. The van der Waals surface area contributed by atoms with E-state index in [1.807, 2.05) is 17.0 Å². The highest BCUT2D eigenvalue weighted by Crippen LogP contribution is 2.24. The van der Waals surface area contributed by atoms with Crippen molar-refractivity contribution in [2.75, 3.05) is 32.9 Å². The molecule has 0 spiro atoms. The zero-order valence-electron chi connectivity index (χ0n) is 14.3. The van der Waals surface area contributed by atoms with Crippen LogP contribution in [0, 0.1) is 5.92 Å². The van der Waals surface area contributed by atoms with E-state index < -0.39 is 9.84 Å². The third kappa shape index (κ3) is 4.54.